The largest absolute Gasteiger partial charge is 0.493 e. The van der Waals surface area contributed by atoms with Gasteiger partial charge in [0.2, 0.25) is 5.82 Å². The van der Waals surface area contributed by atoms with Crippen LogP contribution in [0.2, 0.25) is 5.02 Å². The number of carboxylic acids is 1. The lowest BCUT2D eigenvalue weighted by atomic mass is 9.83. The van der Waals surface area contributed by atoms with Crippen molar-refractivity contribution in [3.63, 3.8) is 0 Å². The molecule has 2 aromatic heterocycles. The summed E-state index contributed by atoms with van der Waals surface area (Å²) in [7, 11) is 2.99. The number of benzene rings is 2. The van der Waals surface area contributed by atoms with Crippen LogP contribution in [0.5, 0.6) is 11.5 Å². The van der Waals surface area contributed by atoms with Crippen molar-refractivity contribution in [3.8, 4) is 17.2 Å². The molecule has 5 rings (SSSR count). The van der Waals surface area contributed by atoms with Gasteiger partial charge >= 0.3 is 12.1 Å². The minimum Gasteiger partial charge on any atom is -0.493 e. The summed E-state index contributed by atoms with van der Waals surface area (Å²) < 4.78 is 54.7. The van der Waals surface area contributed by atoms with E-state index < -0.39 is 29.8 Å². The van der Waals surface area contributed by atoms with E-state index in [-0.39, 0.29) is 43.1 Å². The zero-order chi connectivity index (χ0) is 28.6. The first kappa shape index (κ1) is 27.4. The summed E-state index contributed by atoms with van der Waals surface area (Å²) in [5.41, 5.74) is 1.42. The number of tetrazole rings is 1. The summed E-state index contributed by atoms with van der Waals surface area (Å²) in [6.07, 6.45) is -4.68. The number of aromatic nitrogens is 7. The van der Waals surface area contributed by atoms with Crippen molar-refractivity contribution in [3.05, 3.63) is 70.0 Å². The second-order valence-corrected chi connectivity index (χ2v) is 9.58. The van der Waals surface area contributed by atoms with Crippen LogP contribution in [0.4, 0.5) is 13.2 Å². The Morgan fingerprint density at radius 3 is 2.62 bits per heavy atom. The van der Waals surface area contributed by atoms with Crippen molar-refractivity contribution in [1.29, 1.82) is 0 Å². The minimum absolute atomic E-state index is 0.000562. The number of hydrogen-bond donors (Lipinski definition) is 1. The van der Waals surface area contributed by atoms with Gasteiger partial charge in [-0.3, -0.25) is 9.36 Å². The number of nitrogens with zero attached hydrogens (tertiary/aromatic N) is 7. The van der Waals surface area contributed by atoms with E-state index >= 15 is 0 Å². The summed E-state index contributed by atoms with van der Waals surface area (Å²) in [6, 6.07) is 9.98. The van der Waals surface area contributed by atoms with Gasteiger partial charge in [-0.25, -0.2) is 0 Å². The Hall–Kier alpha value is -4.20. The van der Waals surface area contributed by atoms with Gasteiger partial charge in [0.25, 0.3) is 0 Å². The summed E-state index contributed by atoms with van der Waals surface area (Å²) in [6.45, 7) is 0.000562. The molecule has 11 nitrogen and oxygen atoms in total. The zero-order valence-corrected chi connectivity index (χ0v) is 22.0. The van der Waals surface area contributed by atoms with Crippen LogP contribution in [0.25, 0.3) is 5.69 Å². The van der Waals surface area contributed by atoms with Crippen LogP contribution in [-0.2, 0) is 23.9 Å². The molecule has 1 N–H and O–H groups in total. The van der Waals surface area contributed by atoms with Crippen molar-refractivity contribution < 1.29 is 32.5 Å². The van der Waals surface area contributed by atoms with E-state index in [2.05, 4.69) is 25.6 Å². The number of rotatable bonds is 8. The number of hydrogen-bond acceptors (Lipinski definition) is 8. The molecule has 0 fully saturated rings. The molecule has 4 aromatic rings. The van der Waals surface area contributed by atoms with Gasteiger partial charge in [-0.2, -0.15) is 18.0 Å². The smallest absolute Gasteiger partial charge is 0.452 e. The van der Waals surface area contributed by atoms with Gasteiger partial charge in [-0.15, -0.1) is 20.4 Å². The molecule has 0 amide bonds. The number of fused-ring (bicyclic) bond motifs is 3. The average Bonchev–Trinajstić information content (AvgIpc) is 3.54. The summed E-state index contributed by atoms with van der Waals surface area (Å²) in [5.74, 6) is -2.23. The first-order chi connectivity index (χ1) is 19.1. The molecule has 1 aliphatic rings. The van der Waals surface area contributed by atoms with E-state index in [1.807, 2.05) is 6.07 Å². The molecule has 15 heteroatoms. The lowest BCUT2D eigenvalue weighted by Gasteiger charge is -2.24. The van der Waals surface area contributed by atoms with Gasteiger partial charge in [0.1, 0.15) is 5.82 Å². The fourth-order valence-corrected chi connectivity index (χ4v) is 5.19. The van der Waals surface area contributed by atoms with Gasteiger partial charge in [0.05, 0.1) is 32.9 Å². The number of carboxylic acid groups (broad SMARTS) is 1. The maximum atomic E-state index is 14.2. The molecule has 0 radical (unpaired) electrons. The lowest BCUT2D eigenvalue weighted by Crippen LogP contribution is -2.18. The third-order valence-corrected chi connectivity index (χ3v) is 6.92. The van der Waals surface area contributed by atoms with E-state index in [0.29, 0.717) is 27.6 Å². The number of aryl methyl sites for hydroxylation is 1. The molecule has 210 valence electrons. The fraction of sp³-hybridized carbons (Fsp3) is 0.360. The lowest BCUT2D eigenvalue weighted by molar-refractivity contribution is -0.146. The van der Waals surface area contributed by atoms with Crippen LogP contribution in [0.3, 0.4) is 0 Å². The molecule has 2 atom stereocenters. The van der Waals surface area contributed by atoms with Crippen molar-refractivity contribution >= 4 is 17.6 Å². The minimum atomic E-state index is -4.80. The second-order valence-electron chi connectivity index (χ2n) is 9.14. The van der Waals surface area contributed by atoms with Crippen LogP contribution in [0.1, 0.15) is 53.3 Å². The van der Waals surface area contributed by atoms with Crippen molar-refractivity contribution in [2.45, 2.75) is 43.8 Å². The van der Waals surface area contributed by atoms with Gasteiger partial charge in [-0.1, -0.05) is 23.7 Å². The van der Waals surface area contributed by atoms with Crippen LogP contribution in [-0.4, -0.2) is 60.3 Å². The number of carbonyl (C=O) groups is 1. The molecule has 0 saturated carbocycles. The molecule has 3 heterocycles. The summed E-state index contributed by atoms with van der Waals surface area (Å²) in [4.78, 5) is 12.2. The average molecular weight is 578 g/mol. The van der Waals surface area contributed by atoms with Gasteiger partial charge in [0.15, 0.2) is 17.3 Å². The summed E-state index contributed by atoms with van der Waals surface area (Å²) in [5, 5.41) is 28.9. The first-order valence-electron chi connectivity index (χ1n) is 12.1. The second kappa shape index (κ2) is 10.8. The highest BCUT2D eigenvalue weighted by molar-refractivity contribution is 6.30. The normalized spacial score (nSPS) is 16.6. The molecule has 2 aromatic carbocycles. The van der Waals surface area contributed by atoms with E-state index in [1.54, 1.807) is 18.2 Å². The predicted molar refractivity (Wildman–Crippen MR) is 134 cm³/mol. The van der Waals surface area contributed by atoms with Crippen molar-refractivity contribution in [2.75, 3.05) is 14.2 Å². The standard InChI is InChI=1S/C25H23ClF3N7O4/c1-39-19-5-3-4-15(22(19)40-2)16-10-13(12-35-33-20(30-34-35)8-9-21(37)38)23-31-32-24(25(27,28)29)36(23)18-7-6-14(26)11-17(16)18/h3-7,11,13,16H,8-10,12H2,1-2H3,(H,37,38)/t13-,16-/m0/s1. The highest BCUT2D eigenvalue weighted by atomic mass is 35.5. The highest BCUT2D eigenvalue weighted by Crippen LogP contribution is 2.48. The van der Waals surface area contributed by atoms with Crippen molar-refractivity contribution in [2.24, 2.45) is 0 Å². The fourth-order valence-electron chi connectivity index (χ4n) is 5.01. The predicted octanol–water partition coefficient (Wildman–Crippen LogP) is 4.28. The Morgan fingerprint density at radius 1 is 1.12 bits per heavy atom. The van der Waals surface area contributed by atoms with Gasteiger partial charge in [-0.05, 0) is 41.5 Å². The topological polar surface area (TPSA) is 130 Å². The maximum absolute atomic E-state index is 14.2. The number of alkyl halides is 3. The molecule has 0 aliphatic carbocycles. The molecular weight excluding hydrogens is 555 g/mol. The third-order valence-electron chi connectivity index (χ3n) is 6.68. The van der Waals surface area contributed by atoms with Crippen LogP contribution < -0.4 is 9.47 Å². The quantitative estimate of drug-likeness (QED) is 0.326. The number of halogens is 4. The first-order valence-corrected chi connectivity index (χ1v) is 12.5. The molecule has 40 heavy (non-hydrogen) atoms. The number of para-hydroxylation sites is 1. The molecule has 0 bridgehead atoms. The molecule has 1 aliphatic heterocycles. The van der Waals surface area contributed by atoms with Gasteiger partial charge < -0.3 is 14.6 Å². The molecule has 0 saturated heterocycles. The Bertz CT molecular complexity index is 1560. The Labute approximate surface area is 230 Å². The number of aliphatic carboxylic acids is 1. The SMILES string of the molecule is COc1cccc([C@@H]2C[C@@H](Cn3nnc(CCC(=O)O)n3)c3nnc(C(F)(F)F)n3-c3ccc(Cl)cc32)c1OC. The Balaban J connectivity index is 1.68. The summed E-state index contributed by atoms with van der Waals surface area (Å²) >= 11 is 6.37. The number of ether oxygens (including phenoxy) is 2. The van der Waals surface area contributed by atoms with E-state index in [0.717, 1.165) is 4.57 Å². The van der Waals surface area contributed by atoms with Crippen LogP contribution >= 0.6 is 11.6 Å². The molecule has 0 spiro atoms. The monoisotopic (exact) mass is 577 g/mol. The van der Waals surface area contributed by atoms with Crippen molar-refractivity contribution in [1.82, 2.24) is 35.0 Å². The molecule has 0 unspecified atom stereocenters. The van der Waals surface area contributed by atoms with Crippen LogP contribution in [0.15, 0.2) is 36.4 Å². The van der Waals surface area contributed by atoms with E-state index in [1.165, 1.54) is 31.1 Å². The highest BCUT2D eigenvalue weighted by Gasteiger charge is 2.43. The number of methoxy groups -OCH3 is 2. The maximum Gasteiger partial charge on any atom is 0.452 e. The van der Waals surface area contributed by atoms with Crippen LogP contribution in [0, 0.1) is 0 Å². The zero-order valence-electron chi connectivity index (χ0n) is 21.3. The Morgan fingerprint density at radius 2 is 1.93 bits per heavy atom. The van der Waals surface area contributed by atoms with E-state index in [9.17, 15) is 18.0 Å². The third kappa shape index (κ3) is 5.18. The van der Waals surface area contributed by atoms with E-state index in [4.69, 9.17) is 26.2 Å². The van der Waals surface area contributed by atoms with Gasteiger partial charge in [0, 0.05) is 28.8 Å². The molecular formula is C25H23ClF3N7O4. The Kier molecular flexibility index (Phi) is 7.36.